The van der Waals surface area contributed by atoms with Gasteiger partial charge < -0.3 is 18.6 Å². The molecular formula is C12H13ClO5. The van der Waals surface area contributed by atoms with Crippen molar-refractivity contribution in [2.75, 3.05) is 21.3 Å². The zero-order chi connectivity index (χ0) is 12.4. The summed E-state index contributed by atoms with van der Waals surface area (Å²) in [7, 11) is 4.38. The molecule has 1 heterocycles. The molecule has 6 heteroatoms. The Morgan fingerprint density at radius 1 is 1.00 bits per heavy atom. The molecule has 0 aliphatic carbocycles. The zero-order valence-electron chi connectivity index (χ0n) is 10.2. The molecule has 0 amide bonds. The Labute approximate surface area is 110 Å². The van der Waals surface area contributed by atoms with Crippen molar-refractivity contribution in [3.63, 3.8) is 0 Å². The van der Waals surface area contributed by atoms with Crippen molar-refractivity contribution in [3.05, 3.63) is 28.6 Å². The van der Waals surface area contributed by atoms with Gasteiger partial charge in [0, 0.05) is 0 Å². The molecule has 0 aliphatic rings. The van der Waals surface area contributed by atoms with Crippen LogP contribution in [0.3, 0.4) is 0 Å². The molecule has 0 bridgehead atoms. The van der Waals surface area contributed by atoms with E-state index in [0.717, 1.165) is 0 Å². The molecule has 98 valence electrons. The van der Waals surface area contributed by atoms with Gasteiger partial charge in [-0.25, -0.2) is 4.79 Å². The smallest absolute Gasteiger partial charge is 0.383 e. The predicted molar refractivity (Wildman–Crippen MR) is 69.4 cm³/mol. The summed E-state index contributed by atoms with van der Waals surface area (Å²) in [6, 6.07) is 5.15. The summed E-state index contributed by atoms with van der Waals surface area (Å²) in [4.78, 5) is 11.6. The van der Waals surface area contributed by atoms with E-state index >= 15 is 0 Å². The average Bonchev–Trinajstić information content (AvgIpc) is 2.36. The third-order valence-corrected chi connectivity index (χ3v) is 2.44. The standard InChI is InChI=1S/C12H12O5.ClH/c1-14-7-5-4-6-8-9(7)10(15-2)11(16-3)12(13)17-8;/h4-6H,1-3H3;1H. The van der Waals surface area contributed by atoms with Gasteiger partial charge in [-0.3, -0.25) is 0 Å². The zero-order valence-corrected chi connectivity index (χ0v) is 11.0. The molecule has 1 aromatic carbocycles. The maximum atomic E-state index is 11.6. The van der Waals surface area contributed by atoms with Crippen LogP contribution in [0.1, 0.15) is 0 Å². The number of methoxy groups -OCH3 is 3. The first kappa shape index (κ1) is 14.2. The van der Waals surface area contributed by atoms with Crippen LogP contribution >= 0.6 is 12.4 Å². The van der Waals surface area contributed by atoms with Crippen LogP contribution in [-0.2, 0) is 0 Å². The first-order valence-electron chi connectivity index (χ1n) is 4.94. The molecule has 0 radical (unpaired) electrons. The van der Waals surface area contributed by atoms with E-state index in [1.807, 2.05) is 0 Å². The molecule has 0 saturated carbocycles. The first-order chi connectivity index (χ1) is 8.22. The highest BCUT2D eigenvalue weighted by Gasteiger charge is 2.18. The fraction of sp³-hybridized carbons (Fsp3) is 0.250. The highest BCUT2D eigenvalue weighted by atomic mass is 35.5. The number of benzene rings is 1. The Hall–Kier alpha value is -1.88. The molecule has 18 heavy (non-hydrogen) atoms. The second kappa shape index (κ2) is 5.64. The van der Waals surface area contributed by atoms with E-state index in [4.69, 9.17) is 18.6 Å². The molecule has 2 rings (SSSR count). The molecule has 0 atom stereocenters. The number of hydrogen-bond donors (Lipinski definition) is 0. The summed E-state index contributed by atoms with van der Waals surface area (Å²) < 4.78 is 20.5. The van der Waals surface area contributed by atoms with Crippen molar-refractivity contribution in [1.82, 2.24) is 0 Å². The quantitative estimate of drug-likeness (QED) is 0.802. The van der Waals surface area contributed by atoms with Crippen molar-refractivity contribution >= 4 is 23.4 Å². The second-order valence-electron chi connectivity index (χ2n) is 3.29. The third-order valence-electron chi connectivity index (χ3n) is 2.44. The van der Waals surface area contributed by atoms with Crippen molar-refractivity contribution in [3.8, 4) is 17.2 Å². The lowest BCUT2D eigenvalue weighted by molar-refractivity contribution is 0.336. The minimum atomic E-state index is -0.579. The van der Waals surface area contributed by atoms with Crippen LogP contribution < -0.4 is 19.8 Å². The van der Waals surface area contributed by atoms with Crippen LogP contribution in [-0.4, -0.2) is 21.3 Å². The van der Waals surface area contributed by atoms with Gasteiger partial charge in [0.1, 0.15) is 16.7 Å². The maximum absolute atomic E-state index is 11.6. The molecule has 0 fully saturated rings. The Bertz CT molecular complexity index is 605. The van der Waals surface area contributed by atoms with E-state index in [2.05, 4.69) is 0 Å². The van der Waals surface area contributed by atoms with E-state index < -0.39 is 5.63 Å². The van der Waals surface area contributed by atoms with Gasteiger partial charge in [-0.1, -0.05) is 6.07 Å². The summed E-state index contributed by atoms with van der Waals surface area (Å²) >= 11 is 0. The SMILES string of the molecule is COc1c(OC)c2c(OC)cccc2oc1=O.Cl. The Morgan fingerprint density at radius 3 is 2.22 bits per heavy atom. The van der Waals surface area contributed by atoms with Crippen LogP contribution in [0.2, 0.25) is 0 Å². The number of fused-ring (bicyclic) bond motifs is 1. The maximum Gasteiger partial charge on any atom is 0.383 e. The van der Waals surface area contributed by atoms with E-state index in [0.29, 0.717) is 22.5 Å². The number of ether oxygens (including phenoxy) is 3. The molecule has 1 aromatic heterocycles. The normalized spacial score (nSPS) is 9.72. The molecule has 0 unspecified atom stereocenters. The van der Waals surface area contributed by atoms with Gasteiger partial charge in [0.05, 0.1) is 21.3 Å². The van der Waals surface area contributed by atoms with Gasteiger partial charge >= 0.3 is 5.63 Å². The lowest BCUT2D eigenvalue weighted by atomic mass is 10.2. The average molecular weight is 273 g/mol. The largest absolute Gasteiger partial charge is 0.496 e. The highest BCUT2D eigenvalue weighted by molar-refractivity contribution is 5.91. The van der Waals surface area contributed by atoms with Crippen molar-refractivity contribution in [1.29, 1.82) is 0 Å². The monoisotopic (exact) mass is 272 g/mol. The lowest BCUT2D eigenvalue weighted by Crippen LogP contribution is -2.06. The van der Waals surface area contributed by atoms with Crippen molar-refractivity contribution < 1.29 is 18.6 Å². The van der Waals surface area contributed by atoms with Crippen molar-refractivity contribution in [2.24, 2.45) is 0 Å². The summed E-state index contributed by atoms with van der Waals surface area (Å²) in [5, 5.41) is 0.578. The van der Waals surface area contributed by atoms with Crippen LogP contribution in [0.5, 0.6) is 17.2 Å². The topological polar surface area (TPSA) is 57.9 Å². The molecule has 0 N–H and O–H groups in total. The van der Waals surface area contributed by atoms with E-state index in [-0.39, 0.29) is 18.2 Å². The fourth-order valence-corrected chi connectivity index (χ4v) is 1.71. The van der Waals surface area contributed by atoms with Crippen LogP contribution in [0.4, 0.5) is 0 Å². The van der Waals surface area contributed by atoms with E-state index in [1.54, 1.807) is 18.2 Å². The number of hydrogen-bond acceptors (Lipinski definition) is 5. The van der Waals surface area contributed by atoms with Gasteiger partial charge in [-0.15, -0.1) is 12.4 Å². The Balaban J connectivity index is 0.00000162. The second-order valence-corrected chi connectivity index (χ2v) is 3.29. The van der Waals surface area contributed by atoms with E-state index in [9.17, 15) is 4.79 Å². The molecular weight excluding hydrogens is 260 g/mol. The van der Waals surface area contributed by atoms with Crippen LogP contribution in [0.15, 0.2) is 27.4 Å². The van der Waals surface area contributed by atoms with Gasteiger partial charge in [0.2, 0.25) is 5.75 Å². The minimum Gasteiger partial charge on any atom is -0.496 e. The molecule has 5 nitrogen and oxygen atoms in total. The van der Waals surface area contributed by atoms with Gasteiger partial charge in [0.25, 0.3) is 0 Å². The van der Waals surface area contributed by atoms with Crippen molar-refractivity contribution in [2.45, 2.75) is 0 Å². The number of rotatable bonds is 3. The summed E-state index contributed by atoms with van der Waals surface area (Å²) in [5.74, 6) is 0.905. The lowest BCUT2D eigenvalue weighted by Gasteiger charge is -2.11. The van der Waals surface area contributed by atoms with Crippen LogP contribution in [0, 0.1) is 0 Å². The summed E-state index contributed by atoms with van der Waals surface area (Å²) in [6.07, 6.45) is 0. The molecule has 0 aliphatic heterocycles. The molecule has 2 aromatic rings. The number of halogens is 1. The Kier molecular flexibility index (Phi) is 4.44. The van der Waals surface area contributed by atoms with E-state index in [1.165, 1.54) is 21.3 Å². The highest BCUT2D eigenvalue weighted by Crippen LogP contribution is 2.38. The van der Waals surface area contributed by atoms with Gasteiger partial charge in [-0.2, -0.15) is 0 Å². The van der Waals surface area contributed by atoms with Gasteiger partial charge in [0.15, 0.2) is 5.75 Å². The summed E-state index contributed by atoms with van der Waals surface area (Å²) in [6.45, 7) is 0. The van der Waals surface area contributed by atoms with Crippen LogP contribution in [0.25, 0.3) is 11.0 Å². The minimum absolute atomic E-state index is 0. The predicted octanol–water partition coefficient (Wildman–Crippen LogP) is 2.24. The molecule has 0 saturated heterocycles. The van der Waals surface area contributed by atoms with Gasteiger partial charge in [-0.05, 0) is 12.1 Å². The fourth-order valence-electron chi connectivity index (χ4n) is 1.71. The molecule has 0 spiro atoms. The summed E-state index contributed by atoms with van der Waals surface area (Å²) in [5.41, 5.74) is -0.183. The Morgan fingerprint density at radius 2 is 1.67 bits per heavy atom. The first-order valence-corrected chi connectivity index (χ1v) is 4.94. The third kappa shape index (κ3) is 2.09.